The zero-order valence-corrected chi connectivity index (χ0v) is 19.7. The van der Waals surface area contributed by atoms with E-state index < -0.39 is 13.4 Å². The van der Waals surface area contributed by atoms with Crippen molar-refractivity contribution in [3.8, 4) is 0 Å². The van der Waals surface area contributed by atoms with Gasteiger partial charge in [0.15, 0.2) is 0 Å². The Bertz CT molecular complexity index is 479. The fourth-order valence-electron chi connectivity index (χ4n) is 2.23. The maximum absolute atomic E-state index is 5.70. The van der Waals surface area contributed by atoms with Crippen LogP contribution in [0.4, 0.5) is 0 Å². The first kappa shape index (κ1) is 23.3. The summed E-state index contributed by atoms with van der Waals surface area (Å²) in [5.74, 6) is 0. The fraction of sp³-hybridized carbons (Fsp3) is 1.00. The van der Waals surface area contributed by atoms with Crippen molar-refractivity contribution in [3.05, 3.63) is 0 Å². The minimum absolute atomic E-state index is 0.0118. The third-order valence-corrected chi connectivity index (χ3v) is 8.67. The van der Waals surface area contributed by atoms with E-state index in [0.717, 1.165) is 25.7 Å². The van der Waals surface area contributed by atoms with Crippen molar-refractivity contribution < 1.29 is 27.1 Å². The lowest BCUT2D eigenvalue weighted by Gasteiger charge is -2.35. The van der Waals surface area contributed by atoms with E-state index in [2.05, 4.69) is 27.7 Å². The molecule has 0 atom stereocenters. The first-order valence-electron chi connectivity index (χ1n) is 9.11. The van der Waals surface area contributed by atoms with Crippen LogP contribution < -0.4 is 0 Å². The van der Waals surface area contributed by atoms with Crippen molar-refractivity contribution in [2.75, 3.05) is 39.6 Å². The molecule has 0 aliphatic carbocycles. The molecule has 0 unspecified atom stereocenters. The Morgan fingerprint density at radius 2 is 0.962 bits per heavy atom. The first-order valence-corrected chi connectivity index (χ1v) is 14.2. The molecule has 26 heavy (non-hydrogen) atoms. The highest BCUT2D eigenvalue weighted by atomic mass is 32.5. The molecule has 0 aromatic rings. The van der Waals surface area contributed by atoms with Crippen LogP contribution >= 0.6 is 13.4 Å². The van der Waals surface area contributed by atoms with Crippen molar-refractivity contribution in [2.45, 2.75) is 53.4 Å². The van der Waals surface area contributed by atoms with Crippen LogP contribution in [0.3, 0.4) is 0 Å². The van der Waals surface area contributed by atoms with Gasteiger partial charge in [0, 0.05) is 10.8 Å². The van der Waals surface area contributed by atoms with Gasteiger partial charge in [-0.1, -0.05) is 40.5 Å². The van der Waals surface area contributed by atoms with E-state index in [-0.39, 0.29) is 10.8 Å². The molecule has 2 aliphatic rings. The van der Waals surface area contributed by atoms with Crippen molar-refractivity contribution in [2.24, 2.45) is 10.8 Å². The Kier molecular flexibility index (Phi) is 8.71. The highest BCUT2D eigenvalue weighted by Crippen LogP contribution is 2.55. The van der Waals surface area contributed by atoms with E-state index in [1.165, 1.54) is 0 Å². The largest absolute Gasteiger partial charge is 0.327 e. The molecule has 0 spiro atoms. The third kappa shape index (κ3) is 8.20. The predicted octanol–water partition coefficient (Wildman–Crippen LogP) is 5.18. The second-order valence-corrected chi connectivity index (χ2v) is 14.4. The van der Waals surface area contributed by atoms with Gasteiger partial charge < -0.3 is 27.1 Å². The lowest BCUT2D eigenvalue weighted by atomic mass is 9.97. The van der Waals surface area contributed by atoms with Gasteiger partial charge >= 0.3 is 13.4 Å². The molecule has 0 radical (unpaired) electrons. The van der Waals surface area contributed by atoms with Crippen LogP contribution in [0, 0.1) is 10.8 Å². The topological polar surface area (TPSA) is 55.4 Å². The summed E-state index contributed by atoms with van der Waals surface area (Å²) >= 11 is 10.7. The van der Waals surface area contributed by atoms with E-state index in [9.17, 15) is 0 Å². The summed E-state index contributed by atoms with van der Waals surface area (Å²) in [5.41, 5.74) is 0.0236. The summed E-state index contributed by atoms with van der Waals surface area (Å²) < 4.78 is 34.0. The number of hydrogen-bond acceptors (Lipinski definition) is 8. The normalized spacial score (nSPS) is 26.5. The van der Waals surface area contributed by atoms with Gasteiger partial charge in [-0.25, -0.2) is 0 Å². The molecule has 0 aromatic heterocycles. The quantitative estimate of drug-likeness (QED) is 0.355. The van der Waals surface area contributed by atoms with E-state index in [1.54, 1.807) is 0 Å². The summed E-state index contributed by atoms with van der Waals surface area (Å²) in [5, 5.41) is 0. The smallest absolute Gasteiger partial charge is 0.309 e. The maximum Gasteiger partial charge on any atom is 0.327 e. The predicted molar refractivity (Wildman–Crippen MR) is 110 cm³/mol. The lowest BCUT2D eigenvalue weighted by molar-refractivity contribution is 0.0242. The maximum atomic E-state index is 5.70. The fourth-order valence-corrected chi connectivity index (χ4v) is 6.50. The average Bonchev–Trinajstić information content (AvgIpc) is 2.57. The minimum atomic E-state index is -2.53. The monoisotopic (exact) mass is 446 g/mol. The molecule has 0 bridgehead atoms. The Hall–Kier alpha value is 1.06. The van der Waals surface area contributed by atoms with Gasteiger partial charge in [0.1, 0.15) is 0 Å². The van der Waals surface area contributed by atoms with Crippen molar-refractivity contribution in [1.82, 2.24) is 0 Å². The van der Waals surface area contributed by atoms with Crippen LogP contribution in [0.15, 0.2) is 0 Å². The Balaban J connectivity index is 1.49. The van der Waals surface area contributed by atoms with Gasteiger partial charge in [-0.15, -0.1) is 0 Å². The van der Waals surface area contributed by atoms with E-state index in [0.29, 0.717) is 39.6 Å². The van der Waals surface area contributed by atoms with E-state index in [1.807, 2.05) is 0 Å². The molecule has 2 rings (SSSR count). The Morgan fingerprint density at radius 3 is 1.27 bits per heavy atom. The van der Waals surface area contributed by atoms with Gasteiger partial charge in [-0.2, -0.15) is 0 Å². The Labute approximate surface area is 168 Å². The van der Waals surface area contributed by atoms with Crippen LogP contribution in [-0.4, -0.2) is 39.6 Å². The molecule has 0 aromatic carbocycles. The second kappa shape index (κ2) is 9.71. The molecule has 2 aliphatic heterocycles. The molecule has 2 saturated heterocycles. The van der Waals surface area contributed by atoms with E-state index in [4.69, 9.17) is 50.8 Å². The Morgan fingerprint density at radius 1 is 0.654 bits per heavy atom. The zero-order chi connectivity index (χ0) is 19.3. The van der Waals surface area contributed by atoms with Crippen LogP contribution in [0.1, 0.15) is 53.4 Å². The van der Waals surface area contributed by atoms with Gasteiger partial charge in [0.05, 0.1) is 39.6 Å². The number of unbranched alkanes of at least 4 members (excludes halogenated alkanes) is 3. The van der Waals surface area contributed by atoms with Gasteiger partial charge in [-0.3, -0.25) is 0 Å². The molecule has 0 amide bonds. The molecule has 154 valence electrons. The zero-order valence-electron chi connectivity index (χ0n) is 16.2. The lowest BCUT2D eigenvalue weighted by Crippen LogP contribution is -2.29. The third-order valence-electron chi connectivity index (χ3n) is 3.99. The summed E-state index contributed by atoms with van der Waals surface area (Å²) in [4.78, 5) is 0. The van der Waals surface area contributed by atoms with Crippen LogP contribution in [0.25, 0.3) is 0 Å². The molecule has 6 nitrogen and oxygen atoms in total. The molecule has 2 fully saturated rings. The molecule has 2 heterocycles. The average molecular weight is 447 g/mol. The van der Waals surface area contributed by atoms with Gasteiger partial charge in [-0.05, 0) is 36.5 Å². The molecular formula is C16H32O6P2S2. The summed E-state index contributed by atoms with van der Waals surface area (Å²) in [6.07, 6.45) is 3.90. The summed E-state index contributed by atoms with van der Waals surface area (Å²) in [6, 6.07) is 0. The molecule has 10 heteroatoms. The highest BCUT2D eigenvalue weighted by Gasteiger charge is 2.35. The van der Waals surface area contributed by atoms with Gasteiger partial charge in [0.2, 0.25) is 0 Å². The van der Waals surface area contributed by atoms with Crippen molar-refractivity contribution >= 4 is 37.1 Å². The highest BCUT2D eigenvalue weighted by molar-refractivity contribution is 8.07. The first-order chi connectivity index (χ1) is 12.0. The minimum Gasteiger partial charge on any atom is -0.309 e. The number of rotatable bonds is 9. The van der Waals surface area contributed by atoms with Crippen LogP contribution in [0.5, 0.6) is 0 Å². The molecule has 0 saturated carbocycles. The second-order valence-electron chi connectivity index (χ2n) is 8.40. The van der Waals surface area contributed by atoms with Crippen molar-refractivity contribution in [3.63, 3.8) is 0 Å². The van der Waals surface area contributed by atoms with Crippen molar-refractivity contribution in [1.29, 1.82) is 0 Å². The van der Waals surface area contributed by atoms with Crippen LogP contribution in [-0.2, 0) is 50.8 Å². The number of hydrogen-bond donors (Lipinski definition) is 0. The van der Waals surface area contributed by atoms with E-state index >= 15 is 0 Å². The van der Waals surface area contributed by atoms with Gasteiger partial charge in [0.25, 0.3) is 0 Å². The molecular weight excluding hydrogens is 414 g/mol. The summed E-state index contributed by atoms with van der Waals surface area (Å²) in [7, 11) is 0. The standard InChI is InChI=1S/C16H32O6P2S2/c1-15(2)11-19-23(25,20-12-15)17-9-7-5-6-8-10-18-24(26)21-13-16(3,4)14-22-24/h5-14H2,1-4H3. The molecule has 0 N–H and O–H groups in total. The SMILES string of the molecule is CC1(C)COP(=S)(OCCCCCCOP2(=S)OCC(C)(C)CO2)OC1. The summed E-state index contributed by atoms with van der Waals surface area (Å²) in [6.45, 7) is 6.81. The van der Waals surface area contributed by atoms with Crippen LogP contribution in [0.2, 0.25) is 0 Å².